The van der Waals surface area contributed by atoms with Crippen molar-refractivity contribution in [2.45, 2.75) is 19.4 Å². The number of guanidine groups is 1. The standard InChI is InChI=1S/C21H30N4O2/c1-25(18-9-5-4-6-10-18)14-8-7-13-23-21(22)24-16-17-11-12-19(26-2)20(15-17)27-3/h4-6,9-12,15H,7-8,13-14,16H2,1-3H3,(H3,22,23,24). The minimum Gasteiger partial charge on any atom is -0.493 e. The number of para-hydroxylation sites is 1. The Labute approximate surface area is 162 Å². The minimum absolute atomic E-state index is 0.459. The van der Waals surface area contributed by atoms with Gasteiger partial charge in [-0.25, -0.2) is 4.99 Å². The van der Waals surface area contributed by atoms with Crippen LogP contribution in [0.3, 0.4) is 0 Å². The number of nitrogens with one attached hydrogen (secondary N) is 1. The Morgan fingerprint density at radius 2 is 1.78 bits per heavy atom. The first kappa shape index (κ1) is 20.4. The summed E-state index contributed by atoms with van der Waals surface area (Å²) in [5, 5.41) is 3.17. The summed E-state index contributed by atoms with van der Waals surface area (Å²) in [6.07, 6.45) is 2.12. The molecule has 0 bridgehead atoms. The number of nitrogens with zero attached hydrogens (tertiary/aromatic N) is 2. The number of anilines is 1. The molecule has 0 aromatic heterocycles. The normalized spacial score (nSPS) is 11.1. The van der Waals surface area contributed by atoms with Gasteiger partial charge in [0.05, 0.1) is 20.8 Å². The fourth-order valence-electron chi connectivity index (χ4n) is 2.71. The third-order valence-electron chi connectivity index (χ3n) is 4.30. The second-order valence-corrected chi connectivity index (χ2v) is 6.28. The molecule has 0 aliphatic carbocycles. The van der Waals surface area contributed by atoms with E-state index in [1.165, 1.54) is 5.69 Å². The van der Waals surface area contributed by atoms with Gasteiger partial charge in [-0.3, -0.25) is 0 Å². The highest BCUT2D eigenvalue weighted by atomic mass is 16.5. The smallest absolute Gasteiger partial charge is 0.188 e. The number of rotatable bonds is 10. The average molecular weight is 370 g/mol. The van der Waals surface area contributed by atoms with Crippen LogP contribution in [0.2, 0.25) is 0 Å². The van der Waals surface area contributed by atoms with E-state index in [0.29, 0.717) is 24.0 Å². The molecule has 146 valence electrons. The van der Waals surface area contributed by atoms with E-state index in [0.717, 1.165) is 31.5 Å². The van der Waals surface area contributed by atoms with Crippen molar-refractivity contribution < 1.29 is 9.47 Å². The van der Waals surface area contributed by atoms with Crippen LogP contribution < -0.4 is 25.4 Å². The van der Waals surface area contributed by atoms with Gasteiger partial charge in [0.25, 0.3) is 0 Å². The molecular weight excluding hydrogens is 340 g/mol. The second kappa shape index (κ2) is 11.0. The lowest BCUT2D eigenvalue weighted by Gasteiger charge is -2.19. The number of hydrogen-bond acceptors (Lipinski definition) is 4. The summed E-state index contributed by atoms with van der Waals surface area (Å²) in [6.45, 7) is 2.31. The van der Waals surface area contributed by atoms with Crippen molar-refractivity contribution in [3.05, 3.63) is 54.1 Å². The van der Waals surface area contributed by atoms with Crippen LogP contribution >= 0.6 is 0 Å². The summed E-state index contributed by atoms with van der Waals surface area (Å²) in [5.41, 5.74) is 8.21. The predicted octanol–water partition coefficient (Wildman–Crippen LogP) is 3.02. The maximum Gasteiger partial charge on any atom is 0.188 e. The van der Waals surface area contributed by atoms with E-state index >= 15 is 0 Å². The van der Waals surface area contributed by atoms with Crippen LogP contribution in [0, 0.1) is 0 Å². The molecule has 2 aromatic rings. The van der Waals surface area contributed by atoms with Gasteiger partial charge in [0.2, 0.25) is 0 Å². The highest BCUT2D eigenvalue weighted by Crippen LogP contribution is 2.27. The topological polar surface area (TPSA) is 72.1 Å². The third-order valence-corrected chi connectivity index (χ3v) is 4.30. The molecule has 0 spiro atoms. The largest absolute Gasteiger partial charge is 0.493 e. The molecule has 0 amide bonds. The fraction of sp³-hybridized carbons (Fsp3) is 0.381. The number of benzene rings is 2. The highest BCUT2D eigenvalue weighted by molar-refractivity contribution is 5.77. The Balaban J connectivity index is 1.69. The first-order valence-electron chi connectivity index (χ1n) is 9.15. The Bertz CT molecular complexity index is 719. The molecule has 6 heteroatoms. The zero-order chi connectivity index (χ0) is 19.5. The Morgan fingerprint density at radius 3 is 2.48 bits per heavy atom. The number of hydrogen-bond donors (Lipinski definition) is 2. The van der Waals surface area contributed by atoms with E-state index in [4.69, 9.17) is 15.2 Å². The highest BCUT2D eigenvalue weighted by Gasteiger charge is 2.04. The summed E-state index contributed by atoms with van der Waals surface area (Å²) in [6, 6.07) is 16.1. The van der Waals surface area contributed by atoms with E-state index in [9.17, 15) is 0 Å². The van der Waals surface area contributed by atoms with E-state index in [1.54, 1.807) is 14.2 Å². The zero-order valence-electron chi connectivity index (χ0n) is 16.4. The zero-order valence-corrected chi connectivity index (χ0v) is 16.4. The Morgan fingerprint density at radius 1 is 1.04 bits per heavy atom. The molecule has 27 heavy (non-hydrogen) atoms. The molecule has 2 aromatic carbocycles. The van der Waals surface area contributed by atoms with Crippen LogP contribution in [0.25, 0.3) is 0 Å². The SMILES string of the molecule is COc1ccc(CN=C(N)NCCCCN(C)c2ccccc2)cc1OC. The summed E-state index contributed by atoms with van der Waals surface area (Å²) in [5.74, 6) is 1.86. The second-order valence-electron chi connectivity index (χ2n) is 6.28. The molecule has 0 atom stereocenters. The van der Waals surface area contributed by atoms with Crippen LogP contribution in [0.15, 0.2) is 53.5 Å². The molecule has 0 fully saturated rings. The maximum absolute atomic E-state index is 5.95. The predicted molar refractivity (Wildman–Crippen MR) is 112 cm³/mol. The number of ether oxygens (including phenoxy) is 2. The van der Waals surface area contributed by atoms with Gasteiger partial charge in [0.1, 0.15) is 0 Å². The first-order valence-corrected chi connectivity index (χ1v) is 9.15. The van der Waals surface area contributed by atoms with Crippen LogP contribution in [-0.2, 0) is 6.54 Å². The van der Waals surface area contributed by atoms with Crippen LogP contribution in [-0.4, -0.2) is 40.3 Å². The number of methoxy groups -OCH3 is 2. The number of unbranched alkanes of at least 4 members (excludes halogenated alkanes) is 1. The van der Waals surface area contributed by atoms with Gasteiger partial charge >= 0.3 is 0 Å². The van der Waals surface area contributed by atoms with Crippen molar-refractivity contribution >= 4 is 11.6 Å². The lowest BCUT2D eigenvalue weighted by Crippen LogP contribution is -2.32. The molecule has 0 radical (unpaired) electrons. The summed E-state index contributed by atoms with van der Waals surface area (Å²) < 4.78 is 10.5. The first-order chi connectivity index (χ1) is 13.1. The lowest BCUT2D eigenvalue weighted by molar-refractivity contribution is 0.354. The van der Waals surface area contributed by atoms with Crippen molar-refractivity contribution in [3.8, 4) is 11.5 Å². The summed E-state index contributed by atoms with van der Waals surface area (Å²) >= 11 is 0. The number of nitrogens with two attached hydrogens (primary N) is 1. The molecule has 0 saturated heterocycles. The quantitative estimate of drug-likeness (QED) is 0.382. The van der Waals surface area contributed by atoms with Crippen molar-refractivity contribution in [1.82, 2.24) is 5.32 Å². The van der Waals surface area contributed by atoms with Gasteiger partial charge in [0.15, 0.2) is 17.5 Å². The molecule has 3 N–H and O–H groups in total. The Kier molecular flexibility index (Phi) is 8.29. The molecule has 2 rings (SSSR count). The number of aliphatic imine (C=N–C) groups is 1. The van der Waals surface area contributed by atoms with E-state index < -0.39 is 0 Å². The third kappa shape index (κ3) is 6.73. The summed E-state index contributed by atoms with van der Waals surface area (Å²) in [7, 11) is 5.35. The molecule has 6 nitrogen and oxygen atoms in total. The maximum atomic E-state index is 5.95. The molecule has 0 aliphatic heterocycles. The summed E-state index contributed by atoms with van der Waals surface area (Å²) in [4.78, 5) is 6.64. The van der Waals surface area contributed by atoms with Crippen LogP contribution in [0.5, 0.6) is 11.5 Å². The van der Waals surface area contributed by atoms with Crippen LogP contribution in [0.1, 0.15) is 18.4 Å². The van der Waals surface area contributed by atoms with Gasteiger partial charge in [-0.2, -0.15) is 0 Å². The molecule has 0 heterocycles. The van der Waals surface area contributed by atoms with Crippen molar-refractivity contribution in [3.63, 3.8) is 0 Å². The van der Waals surface area contributed by atoms with E-state index in [2.05, 4.69) is 46.5 Å². The Hall–Kier alpha value is -2.89. The van der Waals surface area contributed by atoms with E-state index in [1.807, 2.05) is 24.3 Å². The van der Waals surface area contributed by atoms with Crippen molar-refractivity contribution in [1.29, 1.82) is 0 Å². The molecule has 0 aliphatic rings. The monoisotopic (exact) mass is 370 g/mol. The van der Waals surface area contributed by atoms with Gasteiger partial charge in [-0.1, -0.05) is 24.3 Å². The molecular formula is C21H30N4O2. The lowest BCUT2D eigenvalue weighted by atomic mass is 10.2. The molecule has 0 unspecified atom stereocenters. The van der Waals surface area contributed by atoms with Gasteiger partial charge < -0.3 is 25.4 Å². The van der Waals surface area contributed by atoms with Gasteiger partial charge in [-0.05, 0) is 42.7 Å². The average Bonchev–Trinajstić information content (AvgIpc) is 2.72. The van der Waals surface area contributed by atoms with Crippen molar-refractivity contribution in [2.24, 2.45) is 10.7 Å². The van der Waals surface area contributed by atoms with Crippen LogP contribution in [0.4, 0.5) is 5.69 Å². The van der Waals surface area contributed by atoms with Gasteiger partial charge in [0, 0.05) is 25.8 Å². The van der Waals surface area contributed by atoms with E-state index in [-0.39, 0.29) is 0 Å². The fourth-order valence-corrected chi connectivity index (χ4v) is 2.71. The van der Waals surface area contributed by atoms with Crippen molar-refractivity contribution in [2.75, 3.05) is 39.3 Å². The molecule has 0 saturated carbocycles. The minimum atomic E-state index is 0.459. The van der Waals surface area contributed by atoms with Gasteiger partial charge in [-0.15, -0.1) is 0 Å².